The minimum atomic E-state index is -5.08. The molecule has 0 atom stereocenters. The maximum atomic E-state index is 11.9. The molecule has 16 nitrogen and oxygen atoms in total. The molecule has 0 spiro atoms. The molecule has 0 saturated heterocycles. The van der Waals surface area contributed by atoms with Gasteiger partial charge < -0.3 is 52.3 Å². The van der Waals surface area contributed by atoms with Crippen molar-refractivity contribution in [1.82, 2.24) is 31.9 Å². The van der Waals surface area contributed by atoms with Gasteiger partial charge in [-0.3, -0.25) is 9.59 Å². The van der Waals surface area contributed by atoms with Gasteiger partial charge in [-0.1, -0.05) is 90.9 Å². The summed E-state index contributed by atoms with van der Waals surface area (Å²) in [5.41, 5.74) is 0. The van der Waals surface area contributed by atoms with Gasteiger partial charge in [-0.15, -0.1) is 0 Å². The molecule has 0 radical (unpaired) electrons. The van der Waals surface area contributed by atoms with Crippen molar-refractivity contribution >= 4 is 35.7 Å². The van der Waals surface area contributed by atoms with E-state index in [1.807, 2.05) is 0 Å². The SMILES string of the molecule is CCCCCCCCCC(=O)NCCCNCCCNCCCCNCCCNCCCNC(=O)CCCCCCCCC.O=C(O)C(F)(F)F.O=C(O)C(F)(F)F.O=C(O)C(F)(F)F.O=C(O)C(F)(F)F. The fraction of sp³-hybridized carbons (Fsp3) is 0.864. The summed E-state index contributed by atoms with van der Waals surface area (Å²) in [5.74, 6) is -10.6. The molecular weight excluding hydrogens is 1000 g/mol. The minimum Gasteiger partial charge on any atom is -0.475 e. The standard InChI is InChI=1S/C36H76N6O2.4C2HF3O2/c1-3-5-7-9-11-13-15-23-35(43)41-33-21-31-39-29-19-27-37-25-17-18-26-38-28-20-30-40-32-22-34-42-36(44)24-16-14-12-10-8-6-4-2;4*3-2(4,5)1(6)7/h37-40H,3-34H2,1-2H3,(H,41,43)(H,42,44);4*(H,6,7). The van der Waals surface area contributed by atoms with E-state index in [0.717, 1.165) is 104 Å². The fourth-order valence-corrected chi connectivity index (χ4v) is 5.22. The highest BCUT2D eigenvalue weighted by molar-refractivity contribution is 5.76. The summed E-state index contributed by atoms with van der Waals surface area (Å²) >= 11 is 0. The summed E-state index contributed by atoms with van der Waals surface area (Å²) < 4.78 is 127. The van der Waals surface area contributed by atoms with Crippen molar-refractivity contribution in [2.75, 3.05) is 65.4 Å². The normalized spacial score (nSPS) is 11.2. The summed E-state index contributed by atoms with van der Waals surface area (Å²) in [4.78, 5) is 59.4. The van der Waals surface area contributed by atoms with Crippen LogP contribution in [0.5, 0.6) is 0 Å². The van der Waals surface area contributed by atoms with Crippen molar-refractivity contribution in [3.63, 3.8) is 0 Å². The quantitative estimate of drug-likeness (QED) is 0.0206. The van der Waals surface area contributed by atoms with Gasteiger partial charge in [0.1, 0.15) is 0 Å². The number of hydrogen-bond donors (Lipinski definition) is 10. The molecule has 0 heterocycles. The number of carbonyl (C=O) groups excluding carboxylic acids is 2. The van der Waals surface area contributed by atoms with Crippen LogP contribution in [0, 0.1) is 0 Å². The van der Waals surface area contributed by atoms with Crippen molar-refractivity contribution in [2.45, 2.75) is 180 Å². The maximum absolute atomic E-state index is 11.9. The van der Waals surface area contributed by atoms with E-state index in [9.17, 15) is 62.3 Å². The summed E-state index contributed by atoms with van der Waals surface area (Å²) in [7, 11) is 0. The molecule has 0 saturated carbocycles. The molecular formula is C44H80F12N6O10. The number of carboxylic acid groups (broad SMARTS) is 4. The Kier molecular flexibility index (Phi) is 53.7. The van der Waals surface area contributed by atoms with Gasteiger partial charge in [-0.25, -0.2) is 19.2 Å². The second kappa shape index (κ2) is 50.4. The average molecular weight is 1080 g/mol. The number of rotatable bonds is 37. The van der Waals surface area contributed by atoms with Gasteiger partial charge in [-0.05, 0) is 104 Å². The van der Waals surface area contributed by atoms with E-state index < -0.39 is 48.6 Å². The predicted octanol–water partition coefficient (Wildman–Crippen LogP) is 8.73. The van der Waals surface area contributed by atoms with Gasteiger partial charge in [-0.2, -0.15) is 52.7 Å². The van der Waals surface area contributed by atoms with Gasteiger partial charge in [0.2, 0.25) is 11.8 Å². The number of halogens is 12. The fourth-order valence-electron chi connectivity index (χ4n) is 5.22. The van der Waals surface area contributed by atoms with E-state index in [1.54, 1.807) is 0 Å². The lowest BCUT2D eigenvalue weighted by molar-refractivity contribution is -0.193. The molecule has 0 aromatic carbocycles. The Balaban J connectivity index is -0.000000425. The molecule has 0 aromatic heterocycles. The van der Waals surface area contributed by atoms with Crippen molar-refractivity contribution in [3.8, 4) is 0 Å². The first-order chi connectivity index (χ1) is 33.5. The van der Waals surface area contributed by atoms with Crippen LogP contribution in [0.4, 0.5) is 52.7 Å². The van der Waals surface area contributed by atoms with Gasteiger partial charge in [0, 0.05) is 25.9 Å². The molecule has 0 unspecified atom stereocenters. The van der Waals surface area contributed by atoms with Crippen LogP contribution >= 0.6 is 0 Å². The second-order valence-electron chi connectivity index (χ2n) is 15.8. The van der Waals surface area contributed by atoms with Crippen LogP contribution in [0.1, 0.15) is 155 Å². The van der Waals surface area contributed by atoms with Gasteiger partial charge in [0.25, 0.3) is 0 Å². The summed E-state index contributed by atoms with van der Waals surface area (Å²) in [5, 5.41) is 48.7. The monoisotopic (exact) mass is 1080 g/mol. The lowest BCUT2D eigenvalue weighted by atomic mass is 10.1. The lowest BCUT2D eigenvalue weighted by Gasteiger charge is -2.09. The zero-order valence-corrected chi connectivity index (χ0v) is 41.4. The van der Waals surface area contributed by atoms with Crippen LogP contribution < -0.4 is 31.9 Å². The largest absolute Gasteiger partial charge is 0.490 e. The number of aliphatic carboxylic acids is 4. The zero-order chi connectivity index (χ0) is 56.3. The first-order valence-electron chi connectivity index (χ1n) is 24.0. The van der Waals surface area contributed by atoms with Gasteiger partial charge >= 0.3 is 48.6 Å². The van der Waals surface area contributed by atoms with E-state index in [1.165, 1.54) is 89.9 Å². The van der Waals surface area contributed by atoms with Crippen LogP contribution in [0.3, 0.4) is 0 Å². The van der Waals surface area contributed by atoms with Crippen molar-refractivity contribution in [1.29, 1.82) is 0 Å². The Morgan fingerprint density at radius 1 is 0.292 bits per heavy atom. The van der Waals surface area contributed by atoms with Crippen molar-refractivity contribution in [2.24, 2.45) is 0 Å². The molecule has 0 rings (SSSR count). The number of alkyl halides is 12. The third-order valence-electron chi connectivity index (χ3n) is 9.06. The van der Waals surface area contributed by atoms with Crippen molar-refractivity contribution < 1.29 is 102 Å². The molecule has 0 aromatic rings. The van der Waals surface area contributed by atoms with Crippen LogP contribution in [-0.2, 0) is 28.8 Å². The highest BCUT2D eigenvalue weighted by atomic mass is 19.4. The number of unbranched alkanes of at least 4 members (excludes halogenated alkanes) is 13. The van der Waals surface area contributed by atoms with Crippen LogP contribution in [0.25, 0.3) is 0 Å². The second-order valence-corrected chi connectivity index (χ2v) is 15.8. The Bertz CT molecular complexity index is 1200. The van der Waals surface area contributed by atoms with E-state index in [2.05, 4.69) is 45.7 Å². The highest BCUT2D eigenvalue weighted by Gasteiger charge is 2.40. The number of amides is 2. The summed E-state index contributed by atoms with van der Waals surface area (Å²) in [6.45, 7) is 14.3. The molecule has 28 heteroatoms. The summed E-state index contributed by atoms with van der Waals surface area (Å²) in [6, 6.07) is 0. The van der Waals surface area contributed by atoms with Crippen LogP contribution in [0.15, 0.2) is 0 Å². The van der Waals surface area contributed by atoms with Gasteiger partial charge in [0.05, 0.1) is 0 Å². The van der Waals surface area contributed by atoms with E-state index in [-0.39, 0.29) is 11.8 Å². The number of hydrogen-bond acceptors (Lipinski definition) is 10. The number of carboxylic acids is 4. The van der Waals surface area contributed by atoms with Crippen LogP contribution in [0.2, 0.25) is 0 Å². The molecule has 72 heavy (non-hydrogen) atoms. The predicted molar refractivity (Wildman–Crippen MR) is 245 cm³/mol. The molecule has 0 aliphatic rings. The Labute approximate surface area is 414 Å². The molecule has 2 amide bonds. The average Bonchev–Trinajstić information content (AvgIpc) is 3.27. The maximum Gasteiger partial charge on any atom is 0.490 e. The molecule has 0 aliphatic heterocycles. The van der Waals surface area contributed by atoms with E-state index in [0.29, 0.717) is 12.8 Å². The number of nitrogens with one attached hydrogen (secondary N) is 6. The topological polar surface area (TPSA) is 256 Å². The lowest BCUT2D eigenvalue weighted by Crippen LogP contribution is -2.28. The molecule has 10 N–H and O–H groups in total. The number of carbonyl (C=O) groups is 6. The van der Waals surface area contributed by atoms with E-state index >= 15 is 0 Å². The minimum absolute atomic E-state index is 0.216. The highest BCUT2D eigenvalue weighted by Crippen LogP contribution is 2.15. The Morgan fingerprint density at radius 3 is 0.681 bits per heavy atom. The van der Waals surface area contributed by atoms with Gasteiger partial charge in [0.15, 0.2) is 0 Å². The third kappa shape index (κ3) is 70.1. The summed E-state index contributed by atoms with van der Waals surface area (Å²) in [6.07, 6.45) is 5.29. The Morgan fingerprint density at radius 2 is 0.472 bits per heavy atom. The first kappa shape index (κ1) is 76.7. The third-order valence-corrected chi connectivity index (χ3v) is 9.06. The first-order valence-corrected chi connectivity index (χ1v) is 24.0. The molecule has 0 fully saturated rings. The Hall–Kier alpha value is -4.18. The smallest absolute Gasteiger partial charge is 0.475 e. The van der Waals surface area contributed by atoms with Crippen LogP contribution in [-0.4, -0.2) is 146 Å². The zero-order valence-electron chi connectivity index (χ0n) is 41.4. The molecule has 0 bridgehead atoms. The molecule has 0 aliphatic carbocycles. The molecule has 430 valence electrons. The van der Waals surface area contributed by atoms with E-state index in [4.69, 9.17) is 39.6 Å². The van der Waals surface area contributed by atoms with Crippen molar-refractivity contribution in [3.05, 3.63) is 0 Å².